The molecule has 3 nitrogen and oxygen atoms in total. The van der Waals surface area contributed by atoms with Crippen LogP contribution in [0.2, 0.25) is 0 Å². The number of nitrogens with one attached hydrogen (secondary N) is 1. The Morgan fingerprint density at radius 2 is 2.00 bits per heavy atom. The van der Waals surface area contributed by atoms with Gasteiger partial charge in [0.05, 0.1) is 11.2 Å². The first kappa shape index (κ1) is 12.4. The molecule has 20 heavy (non-hydrogen) atoms. The van der Waals surface area contributed by atoms with Gasteiger partial charge in [0, 0.05) is 23.0 Å². The smallest absolute Gasteiger partial charge is 0.128 e. The quantitative estimate of drug-likeness (QED) is 0.690. The molecule has 0 radical (unpaired) electrons. The molecule has 3 N–H and O–H groups in total. The highest BCUT2D eigenvalue weighted by atomic mass is 19.1. The number of aryl methyl sites for hydroxylation is 1. The molecule has 0 saturated carbocycles. The molecule has 0 aliphatic rings. The molecule has 1 heterocycles. The fraction of sp³-hybridized carbons (Fsp3) is 0.0625. The van der Waals surface area contributed by atoms with Gasteiger partial charge in [0.25, 0.3) is 0 Å². The lowest BCUT2D eigenvalue weighted by Gasteiger charge is -2.11. The summed E-state index contributed by atoms with van der Waals surface area (Å²) in [6.07, 6.45) is 1.71. The van der Waals surface area contributed by atoms with E-state index in [0.29, 0.717) is 16.9 Å². The molecule has 0 saturated heterocycles. The summed E-state index contributed by atoms with van der Waals surface area (Å²) in [4.78, 5) is 4.34. The highest BCUT2D eigenvalue weighted by molar-refractivity contribution is 5.99. The second-order valence-electron chi connectivity index (χ2n) is 4.69. The molecule has 0 fully saturated rings. The molecule has 0 atom stereocenters. The molecule has 0 aliphatic carbocycles. The number of fused-ring (bicyclic) bond motifs is 1. The van der Waals surface area contributed by atoms with E-state index >= 15 is 0 Å². The summed E-state index contributed by atoms with van der Waals surface area (Å²) in [5.41, 5.74) is 9.49. The van der Waals surface area contributed by atoms with Crippen molar-refractivity contribution in [2.75, 3.05) is 11.1 Å². The second-order valence-corrected chi connectivity index (χ2v) is 4.69. The molecular weight excluding hydrogens is 253 g/mol. The molecule has 4 heteroatoms. The Labute approximate surface area is 116 Å². The Hall–Kier alpha value is -2.62. The molecule has 0 unspecified atom stereocenters. The molecule has 100 valence electrons. The topological polar surface area (TPSA) is 50.9 Å². The largest absolute Gasteiger partial charge is 0.398 e. The number of nitrogens with two attached hydrogens (primary N) is 1. The van der Waals surface area contributed by atoms with Gasteiger partial charge < -0.3 is 11.1 Å². The Bertz CT molecular complexity index is 784. The lowest BCUT2D eigenvalue weighted by Crippen LogP contribution is -1.96. The highest BCUT2D eigenvalue weighted by Gasteiger charge is 2.06. The van der Waals surface area contributed by atoms with E-state index in [4.69, 9.17) is 5.73 Å². The van der Waals surface area contributed by atoms with Crippen LogP contribution in [-0.2, 0) is 0 Å². The Morgan fingerprint density at radius 1 is 1.15 bits per heavy atom. The van der Waals surface area contributed by atoms with Gasteiger partial charge in [0.2, 0.25) is 0 Å². The van der Waals surface area contributed by atoms with E-state index in [2.05, 4.69) is 10.3 Å². The second kappa shape index (κ2) is 4.81. The Balaban J connectivity index is 2.06. The summed E-state index contributed by atoms with van der Waals surface area (Å²) >= 11 is 0. The number of nitrogen functional groups attached to an aromatic ring is 1. The fourth-order valence-electron chi connectivity index (χ4n) is 2.12. The molecule has 3 aromatic rings. The van der Waals surface area contributed by atoms with E-state index in [9.17, 15) is 4.39 Å². The van der Waals surface area contributed by atoms with Gasteiger partial charge in [-0.2, -0.15) is 0 Å². The minimum absolute atomic E-state index is 0.234. The summed E-state index contributed by atoms with van der Waals surface area (Å²) in [5, 5.41) is 4.06. The van der Waals surface area contributed by atoms with Crippen molar-refractivity contribution in [1.82, 2.24) is 4.98 Å². The number of benzene rings is 2. The number of pyridine rings is 1. The minimum atomic E-state index is -0.234. The van der Waals surface area contributed by atoms with Gasteiger partial charge in [0.15, 0.2) is 0 Å². The zero-order valence-corrected chi connectivity index (χ0v) is 11.0. The zero-order valence-electron chi connectivity index (χ0n) is 11.0. The van der Waals surface area contributed by atoms with Gasteiger partial charge in [-0.05, 0) is 48.9 Å². The van der Waals surface area contributed by atoms with Crippen molar-refractivity contribution in [3.63, 3.8) is 0 Å². The predicted octanol–water partition coefficient (Wildman–Crippen LogP) is 4.01. The third-order valence-electron chi connectivity index (χ3n) is 3.25. The first-order valence-corrected chi connectivity index (χ1v) is 6.31. The molecule has 0 spiro atoms. The third kappa shape index (κ3) is 2.16. The fourth-order valence-corrected chi connectivity index (χ4v) is 2.12. The maximum atomic E-state index is 13.6. The lowest BCUT2D eigenvalue weighted by atomic mass is 10.1. The molecule has 0 aliphatic heterocycles. The van der Waals surface area contributed by atoms with Crippen LogP contribution < -0.4 is 11.1 Å². The van der Waals surface area contributed by atoms with E-state index in [1.807, 2.05) is 30.3 Å². The first-order chi connectivity index (χ1) is 9.65. The summed E-state index contributed by atoms with van der Waals surface area (Å²) in [6, 6.07) is 12.5. The van der Waals surface area contributed by atoms with Crippen LogP contribution in [0, 0.1) is 12.7 Å². The van der Waals surface area contributed by atoms with Crippen LogP contribution in [0.3, 0.4) is 0 Å². The summed E-state index contributed by atoms with van der Waals surface area (Å²) in [6.45, 7) is 1.74. The van der Waals surface area contributed by atoms with Crippen LogP contribution >= 0.6 is 0 Å². The average Bonchev–Trinajstić information content (AvgIpc) is 2.46. The standard InChI is InChI=1S/C16H14FN3/c1-10-4-5-11(9-13(10)17)20-15-7-6-14(18)12-3-2-8-19-16(12)15/h2-9,20H,18H2,1H3. The van der Waals surface area contributed by atoms with Crippen molar-refractivity contribution in [2.24, 2.45) is 0 Å². The highest BCUT2D eigenvalue weighted by Crippen LogP contribution is 2.29. The Kier molecular flexibility index (Phi) is 2.99. The summed E-state index contributed by atoms with van der Waals surface area (Å²) in [7, 11) is 0. The zero-order chi connectivity index (χ0) is 14.1. The van der Waals surface area contributed by atoms with E-state index < -0.39 is 0 Å². The molecule has 3 rings (SSSR count). The van der Waals surface area contributed by atoms with Crippen LogP contribution in [0.1, 0.15) is 5.56 Å². The van der Waals surface area contributed by atoms with Crippen LogP contribution in [0.4, 0.5) is 21.5 Å². The number of hydrogen-bond donors (Lipinski definition) is 2. The maximum Gasteiger partial charge on any atom is 0.128 e. The molecular formula is C16H14FN3. The number of hydrogen-bond acceptors (Lipinski definition) is 3. The van der Waals surface area contributed by atoms with E-state index in [1.54, 1.807) is 19.2 Å². The predicted molar refractivity (Wildman–Crippen MR) is 80.6 cm³/mol. The Morgan fingerprint density at radius 3 is 2.80 bits per heavy atom. The summed E-state index contributed by atoms with van der Waals surface area (Å²) in [5.74, 6) is -0.234. The molecule has 2 aromatic carbocycles. The van der Waals surface area contributed by atoms with Gasteiger partial charge in [-0.3, -0.25) is 4.98 Å². The molecule has 0 bridgehead atoms. The van der Waals surface area contributed by atoms with Crippen molar-refractivity contribution < 1.29 is 4.39 Å². The van der Waals surface area contributed by atoms with Crippen molar-refractivity contribution >= 4 is 28.0 Å². The maximum absolute atomic E-state index is 13.6. The average molecular weight is 267 g/mol. The van der Waals surface area contributed by atoms with E-state index in [-0.39, 0.29) is 5.82 Å². The SMILES string of the molecule is Cc1ccc(Nc2ccc(N)c3cccnc23)cc1F. The van der Waals surface area contributed by atoms with Crippen LogP contribution in [0.15, 0.2) is 48.7 Å². The molecule has 1 aromatic heterocycles. The van der Waals surface area contributed by atoms with E-state index in [0.717, 1.165) is 16.6 Å². The number of halogens is 1. The monoisotopic (exact) mass is 267 g/mol. The van der Waals surface area contributed by atoms with Crippen LogP contribution in [-0.4, -0.2) is 4.98 Å². The summed E-state index contributed by atoms with van der Waals surface area (Å²) < 4.78 is 13.6. The lowest BCUT2D eigenvalue weighted by molar-refractivity contribution is 0.619. The van der Waals surface area contributed by atoms with Crippen molar-refractivity contribution in [2.45, 2.75) is 6.92 Å². The van der Waals surface area contributed by atoms with E-state index in [1.165, 1.54) is 6.07 Å². The van der Waals surface area contributed by atoms with Gasteiger partial charge in [-0.15, -0.1) is 0 Å². The van der Waals surface area contributed by atoms with Crippen LogP contribution in [0.5, 0.6) is 0 Å². The van der Waals surface area contributed by atoms with Gasteiger partial charge in [-0.1, -0.05) is 6.07 Å². The number of aromatic nitrogens is 1. The van der Waals surface area contributed by atoms with Gasteiger partial charge in [0.1, 0.15) is 5.82 Å². The van der Waals surface area contributed by atoms with Crippen molar-refractivity contribution in [3.05, 3.63) is 60.0 Å². The minimum Gasteiger partial charge on any atom is -0.398 e. The van der Waals surface area contributed by atoms with Crippen molar-refractivity contribution in [1.29, 1.82) is 0 Å². The van der Waals surface area contributed by atoms with Gasteiger partial charge in [-0.25, -0.2) is 4.39 Å². The normalized spacial score (nSPS) is 10.7. The number of rotatable bonds is 2. The number of anilines is 3. The third-order valence-corrected chi connectivity index (χ3v) is 3.25. The van der Waals surface area contributed by atoms with Crippen molar-refractivity contribution in [3.8, 4) is 0 Å². The van der Waals surface area contributed by atoms with Gasteiger partial charge >= 0.3 is 0 Å². The molecule has 0 amide bonds. The first-order valence-electron chi connectivity index (χ1n) is 6.31. The van der Waals surface area contributed by atoms with Crippen LogP contribution in [0.25, 0.3) is 10.9 Å². The number of nitrogens with zero attached hydrogens (tertiary/aromatic N) is 1.